The zero-order valence-electron chi connectivity index (χ0n) is 6.68. The Morgan fingerprint density at radius 3 is 2.33 bits per heavy atom. The van der Waals surface area contributed by atoms with E-state index in [0.717, 1.165) is 0 Å². The molecule has 0 aromatic carbocycles. The van der Waals surface area contributed by atoms with Gasteiger partial charge in [-0.2, -0.15) is 0 Å². The van der Waals surface area contributed by atoms with Crippen molar-refractivity contribution < 1.29 is 0 Å². The first-order valence-corrected chi connectivity index (χ1v) is 4.52. The minimum Gasteiger partial charge on any atom is -0.257 e. The maximum atomic E-state index is 2.24. The summed E-state index contributed by atoms with van der Waals surface area (Å²) in [5.41, 5.74) is 0. The summed E-state index contributed by atoms with van der Waals surface area (Å²) in [5.74, 6) is 1.28. The van der Waals surface area contributed by atoms with E-state index >= 15 is 0 Å². The van der Waals surface area contributed by atoms with E-state index in [1.165, 1.54) is 25.0 Å². The number of unbranched alkanes of at least 4 members (excludes halogenated alkanes) is 2. The van der Waals surface area contributed by atoms with Gasteiger partial charge in [-0.15, -0.1) is 0 Å². The molecule has 0 saturated heterocycles. The van der Waals surface area contributed by atoms with E-state index in [4.69, 9.17) is 0 Å². The quantitative estimate of drug-likeness (QED) is 0.434. The summed E-state index contributed by atoms with van der Waals surface area (Å²) in [6.45, 7) is 2.24. The highest BCUT2D eigenvalue weighted by atomic mass is 32.2. The van der Waals surface area contributed by atoms with Gasteiger partial charge in [0.2, 0.25) is 0 Å². The molecule has 0 spiro atoms. The molecule has 0 heterocycles. The van der Waals surface area contributed by atoms with E-state index in [9.17, 15) is 0 Å². The molecule has 2 heteroatoms. The Hall–Kier alpha value is 0.310. The van der Waals surface area contributed by atoms with Gasteiger partial charge in [-0.3, -0.25) is 4.31 Å². The second kappa shape index (κ2) is 6.43. The van der Waals surface area contributed by atoms with Crippen LogP contribution in [0.15, 0.2) is 0 Å². The van der Waals surface area contributed by atoms with Crippen molar-refractivity contribution in [2.24, 2.45) is 0 Å². The van der Waals surface area contributed by atoms with Crippen molar-refractivity contribution in [1.29, 1.82) is 0 Å². The summed E-state index contributed by atoms with van der Waals surface area (Å²) in [4.78, 5) is 0. The van der Waals surface area contributed by atoms with Crippen molar-refractivity contribution in [3.63, 3.8) is 0 Å². The molecule has 0 radical (unpaired) electrons. The van der Waals surface area contributed by atoms with E-state index in [-0.39, 0.29) is 0 Å². The third kappa shape index (κ3) is 8.31. The summed E-state index contributed by atoms with van der Waals surface area (Å²) in [5, 5.41) is 0. The van der Waals surface area contributed by atoms with Gasteiger partial charge in [0.05, 0.1) is 0 Å². The van der Waals surface area contributed by atoms with Gasteiger partial charge in [0.25, 0.3) is 0 Å². The molecule has 0 amide bonds. The minimum absolute atomic E-state index is 1.28. The molecule has 0 fully saturated rings. The zero-order valence-corrected chi connectivity index (χ0v) is 7.50. The average molecular weight is 147 g/mol. The predicted molar refractivity (Wildman–Crippen MR) is 45.7 cm³/mol. The molecule has 0 bridgehead atoms. The van der Waals surface area contributed by atoms with Crippen molar-refractivity contribution in [2.75, 3.05) is 19.8 Å². The molecule has 9 heavy (non-hydrogen) atoms. The fourth-order valence-electron chi connectivity index (χ4n) is 0.599. The monoisotopic (exact) mass is 147 g/mol. The third-order valence-electron chi connectivity index (χ3n) is 1.10. The van der Waals surface area contributed by atoms with Crippen LogP contribution in [0.3, 0.4) is 0 Å². The summed E-state index contributed by atoms with van der Waals surface area (Å²) >= 11 is 1.90. The molecular formula is C7H17NS. The topological polar surface area (TPSA) is 3.24 Å². The lowest BCUT2D eigenvalue weighted by Crippen LogP contribution is -2.00. The molecule has 0 rings (SSSR count). The van der Waals surface area contributed by atoms with Gasteiger partial charge in [0.1, 0.15) is 0 Å². The lowest BCUT2D eigenvalue weighted by Gasteiger charge is -2.06. The highest BCUT2D eigenvalue weighted by molar-refractivity contribution is 7.96. The number of nitrogens with zero attached hydrogens (tertiary/aromatic N) is 1. The Morgan fingerprint density at radius 2 is 1.89 bits per heavy atom. The summed E-state index contributed by atoms with van der Waals surface area (Å²) in [6, 6.07) is 0. The van der Waals surface area contributed by atoms with Crippen LogP contribution in [-0.4, -0.2) is 24.2 Å². The van der Waals surface area contributed by atoms with Crippen LogP contribution in [0.5, 0.6) is 0 Å². The Labute approximate surface area is 62.9 Å². The molecule has 0 aromatic rings. The fraction of sp³-hybridized carbons (Fsp3) is 1.00. The maximum Gasteiger partial charge on any atom is 0.00806 e. The second-order valence-corrected chi connectivity index (χ2v) is 3.75. The smallest absolute Gasteiger partial charge is 0.00806 e. The Balaban J connectivity index is 2.75. The molecular weight excluding hydrogens is 130 g/mol. The van der Waals surface area contributed by atoms with Gasteiger partial charge >= 0.3 is 0 Å². The van der Waals surface area contributed by atoms with E-state index in [2.05, 4.69) is 25.3 Å². The van der Waals surface area contributed by atoms with Gasteiger partial charge < -0.3 is 0 Å². The van der Waals surface area contributed by atoms with E-state index < -0.39 is 0 Å². The van der Waals surface area contributed by atoms with Crippen LogP contribution in [0.25, 0.3) is 0 Å². The maximum absolute atomic E-state index is 2.24. The van der Waals surface area contributed by atoms with Crippen molar-refractivity contribution in [3.8, 4) is 0 Å². The number of hydrogen-bond acceptors (Lipinski definition) is 2. The molecule has 0 aromatic heterocycles. The molecule has 0 aliphatic heterocycles. The van der Waals surface area contributed by atoms with Gasteiger partial charge in [-0.25, -0.2) is 0 Å². The molecule has 0 unspecified atom stereocenters. The van der Waals surface area contributed by atoms with E-state index in [1.807, 2.05) is 11.9 Å². The first kappa shape index (κ1) is 9.31. The molecule has 1 nitrogen and oxygen atoms in total. The summed E-state index contributed by atoms with van der Waals surface area (Å²) < 4.78 is 2.16. The predicted octanol–water partition coefficient (Wildman–Crippen LogP) is 2.39. The van der Waals surface area contributed by atoms with Gasteiger partial charge in [-0.1, -0.05) is 31.7 Å². The van der Waals surface area contributed by atoms with Crippen LogP contribution in [0, 0.1) is 0 Å². The molecule has 0 N–H and O–H groups in total. The van der Waals surface area contributed by atoms with Gasteiger partial charge in [0.15, 0.2) is 0 Å². The average Bonchev–Trinajstić information content (AvgIpc) is 1.80. The van der Waals surface area contributed by atoms with Crippen LogP contribution in [-0.2, 0) is 0 Å². The van der Waals surface area contributed by atoms with Crippen LogP contribution < -0.4 is 0 Å². The van der Waals surface area contributed by atoms with Crippen LogP contribution in [0.1, 0.15) is 26.2 Å². The number of hydrogen-bond donors (Lipinski definition) is 0. The largest absolute Gasteiger partial charge is 0.257 e. The Morgan fingerprint density at radius 1 is 1.22 bits per heavy atom. The summed E-state index contributed by atoms with van der Waals surface area (Å²) in [7, 11) is 4.19. The van der Waals surface area contributed by atoms with Crippen molar-refractivity contribution in [1.82, 2.24) is 4.31 Å². The zero-order chi connectivity index (χ0) is 7.11. The van der Waals surface area contributed by atoms with E-state index in [0.29, 0.717) is 0 Å². The van der Waals surface area contributed by atoms with Crippen LogP contribution in [0.4, 0.5) is 0 Å². The third-order valence-corrected chi connectivity index (χ3v) is 2.09. The van der Waals surface area contributed by atoms with Crippen LogP contribution >= 0.6 is 11.9 Å². The lowest BCUT2D eigenvalue weighted by molar-refractivity contribution is 0.694. The fourth-order valence-corrected chi connectivity index (χ4v) is 1.30. The molecule has 0 aliphatic carbocycles. The van der Waals surface area contributed by atoms with Crippen molar-refractivity contribution in [3.05, 3.63) is 0 Å². The molecule has 0 atom stereocenters. The first-order chi connectivity index (χ1) is 4.27. The first-order valence-electron chi connectivity index (χ1n) is 3.57. The van der Waals surface area contributed by atoms with Crippen LogP contribution in [0.2, 0.25) is 0 Å². The van der Waals surface area contributed by atoms with Gasteiger partial charge in [0, 0.05) is 5.75 Å². The van der Waals surface area contributed by atoms with Crippen molar-refractivity contribution in [2.45, 2.75) is 26.2 Å². The highest BCUT2D eigenvalue weighted by Crippen LogP contribution is 2.07. The SMILES string of the molecule is CCCCCSN(C)C. The molecule has 56 valence electrons. The second-order valence-electron chi connectivity index (χ2n) is 2.35. The van der Waals surface area contributed by atoms with E-state index in [1.54, 1.807) is 0 Å². The summed E-state index contributed by atoms with van der Waals surface area (Å²) in [6.07, 6.45) is 4.06. The Bertz CT molecular complexity index is 54.9. The van der Waals surface area contributed by atoms with Gasteiger partial charge in [-0.05, 0) is 20.5 Å². The standard InChI is InChI=1S/C7H17NS/c1-4-5-6-7-9-8(2)3/h4-7H2,1-3H3. The minimum atomic E-state index is 1.28. The normalized spacial score (nSPS) is 10.7. The molecule has 0 aliphatic rings. The Kier molecular flexibility index (Phi) is 6.65. The number of rotatable bonds is 5. The highest BCUT2D eigenvalue weighted by Gasteiger charge is 1.89. The molecule has 0 saturated carbocycles. The lowest BCUT2D eigenvalue weighted by atomic mass is 10.3. The van der Waals surface area contributed by atoms with Crippen molar-refractivity contribution >= 4 is 11.9 Å².